The number of nitrogens with zero attached hydrogens (tertiary/aromatic N) is 1. The number of furan rings is 1. The van der Waals surface area contributed by atoms with Crippen molar-refractivity contribution in [3.8, 4) is 0 Å². The van der Waals surface area contributed by atoms with E-state index >= 15 is 0 Å². The highest BCUT2D eigenvalue weighted by atomic mass is 19.1. The van der Waals surface area contributed by atoms with Gasteiger partial charge in [-0.25, -0.2) is 4.39 Å². The normalized spacial score (nSPS) is 14.5. The zero-order chi connectivity index (χ0) is 13.9. The molecule has 1 aromatic heterocycles. The van der Waals surface area contributed by atoms with Crippen molar-refractivity contribution in [3.63, 3.8) is 0 Å². The molecule has 2 aromatic rings. The van der Waals surface area contributed by atoms with Gasteiger partial charge >= 0.3 is 0 Å². The highest BCUT2D eigenvalue weighted by Crippen LogP contribution is 2.22. The number of halogens is 1. The molecule has 1 N–H and O–H groups in total. The third-order valence-electron chi connectivity index (χ3n) is 3.63. The molecule has 106 valence electrons. The van der Waals surface area contributed by atoms with Crippen molar-refractivity contribution in [1.29, 1.82) is 0 Å². The number of benzene rings is 1. The van der Waals surface area contributed by atoms with E-state index in [4.69, 9.17) is 4.42 Å². The van der Waals surface area contributed by atoms with Crippen molar-refractivity contribution in [2.75, 3.05) is 11.9 Å². The highest BCUT2D eigenvalue weighted by molar-refractivity contribution is 5.46. The SMILES string of the molecule is CN(Cc1occc1CNC1CC1)c1cccc(F)c1. The molecule has 0 bridgehead atoms. The average Bonchev–Trinajstić information content (AvgIpc) is 3.17. The highest BCUT2D eigenvalue weighted by Gasteiger charge is 2.21. The third-order valence-corrected chi connectivity index (χ3v) is 3.63. The number of hydrogen-bond donors (Lipinski definition) is 1. The van der Waals surface area contributed by atoms with Gasteiger partial charge in [0.1, 0.15) is 11.6 Å². The van der Waals surface area contributed by atoms with Gasteiger partial charge in [-0.05, 0) is 37.1 Å². The summed E-state index contributed by atoms with van der Waals surface area (Å²) in [5.41, 5.74) is 2.03. The molecule has 1 aliphatic carbocycles. The molecule has 1 aromatic carbocycles. The molecule has 0 atom stereocenters. The van der Waals surface area contributed by atoms with Crippen LogP contribution in [-0.2, 0) is 13.1 Å². The minimum absolute atomic E-state index is 0.218. The van der Waals surface area contributed by atoms with E-state index in [2.05, 4.69) is 5.32 Å². The van der Waals surface area contributed by atoms with Crippen molar-refractivity contribution in [3.05, 3.63) is 53.7 Å². The molecule has 3 nitrogen and oxygen atoms in total. The number of nitrogens with one attached hydrogen (secondary N) is 1. The van der Waals surface area contributed by atoms with Crippen LogP contribution in [0.2, 0.25) is 0 Å². The molecule has 4 heteroatoms. The Morgan fingerprint density at radius 2 is 2.20 bits per heavy atom. The van der Waals surface area contributed by atoms with Gasteiger partial charge in [-0.2, -0.15) is 0 Å². The van der Waals surface area contributed by atoms with Crippen molar-refractivity contribution >= 4 is 5.69 Å². The second-order valence-electron chi connectivity index (χ2n) is 5.36. The second kappa shape index (κ2) is 5.67. The van der Waals surface area contributed by atoms with Gasteiger partial charge in [0.2, 0.25) is 0 Å². The summed E-state index contributed by atoms with van der Waals surface area (Å²) >= 11 is 0. The topological polar surface area (TPSA) is 28.4 Å². The first kappa shape index (κ1) is 13.2. The van der Waals surface area contributed by atoms with E-state index in [1.165, 1.54) is 30.5 Å². The number of rotatable bonds is 6. The monoisotopic (exact) mass is 274 g/mol. The van der Waals surface area contributed by atoms with Crippen LogP contribution in [0.15, 0.2) is 41.0 Å². The standard InChI is InChI=1S/C16H19FN2O/c1-19(15-4-2-3-13(17)9-15)11-16-12(7-8-20-16)10-18-14-5-6-14/h2-4,7-9,14,18H,5-6,10-11H2,1H3. The van der Waals surface area contributed by atoms with E-state index in [0.29, 0.717) is 12.6 Å². The Hall–Kier alpha value is -1.81. The Kier molecular flexibility index (Phi) is 3.74. The fourth-order valence-electron chi connectivity index (χ4n) is 2.23. The van der Waals surface area contributed by atoms with Crippen LogP contribution in [0.5, 0.6) is 0 Å². The summed E-state index contributed by atoms with van der Waals surface area (Å²) in [6, 6.07) is 9.29. The molecule has 0 unspecified atom stereocenters. The van der Waals surface area contributed by atoms with Gasteiger partial charge in [0.15, 0.2) is 0 Å². The lowest BCUT2D eigenvalue weighted by molar-refractivity contribution is 0.499. The van der Waals surface area contributed by atoms with Crippen LogP contribution in [0.4, 0.5) is 10.1 Å². The van der Waals surface area contributed by atoms with Gasteiger partial charge in [0, 0.05) is 30.9 Å². The third kappa shape index (κ3) is 3.20. The summed E-state index contributed by atoms with van der Waals surface area (Å²) < 4.78 is 18.8. The molecule has 0 amide bonds. The quantitative estimate of drug-likeness (QED) is 0.876. The van der Waals surface area contributed by atoms with Crippen molar-refractivity contribution in [1.82, 2.24) is 5.32 Å². The summed E-state index contributed by atoms with van der Waals surface area (Å²) in [6.07, 6.45) is 4.27. The van der Waals surface area contributed by atoms with E-state index in [-0.39, 0.29) is 5.82 Å². The smallest absolute Gasteiger partial charge is 0.127 e. The van der Waals surface area contributed by atoms with E-state index in [9.17, 15) is 4.39 Å². The van der Waals surface area contributed by atoms with Crippen molar-refractivity contribution in [2.24, 2.45) is 0 Å². The Balaban J connectivity index is 1.65. The van der Waals surface area contributed by atoms with Crippen molar-refractivity contribution in [2.45, 2.75) is 32.0 Å². The van der Waals surface area contributed by atoms with Gasteiger partial charge in [0.05, 0.1) is 12.8 Å². The molecule has 3 rings (SSSR count). The summed E-state index contributed by atoms with van der Waals surface area (Å²) in [7, 11) is 1.94. The minimum Gasteiger partial charge on any atom is -0.467 e. The lowest BCUT2D eigenvalue weighted by atomic mass is 10.2. The maximum atomic E-state index is 13.2. The van der Waals surface area contributed by atoms with E-state index < -0.39 is 0 Å². The molecule has 1 fully saturated rings. The molecule has 20 heavy (non-hydrogen) atoms. The Bertz CT molecular complexity index is 577. The van der Waals surface area contributed by atoms with Gasteiger partial charge in [0.25, 0.3) is 0 Å². The van der Waals surface area contributed by atoms with Crippen LogP contribution in [0.25, 0.3) is 0 Å². The zero-order valence-electron chi connectivity index (χ0n) is 11.6. The molecular weight excluding hydrogens is 255 g/mol. The first-order valence-corrected chi connectivity index (χ1v) is 6.98. The van der Waals surface area contributed by atoms with Crippen LogP contribution < -0.4 is 10.2 Å². The van der Waals surface area contributed by atoms with E-state index in [1.54, 1.807) is 12.3 Å². The van der Waals surface area contributed by atoms with E-state index in [1.807, 2.05) is 24.1 Å². The molecule has 1 heterocycles. The summed E-state index contributed by atoms with van der Waals surface area (Å²) in [5, 5.41) is 3.48. The number of hydrogen-bond acceptors (Lipinski definition) is 3. The minimum atomic E-state index is -0.218. The van der Waals surface area contributed by atoms with Gasteiger partial charge < -0.3 is 14.6 Å². The molecular formula is C16H19FN2O. The first-order valence-electron chi connectivity index (χ1n) is 6.98. The molecule has 0 saturated heterocycles. The Labute approximate surface area is 118 Å². The zero-order valence-corrected chi connectivity index (χ0v) is 11.6. The molecule has 0 aliphatic heterocycles. The number of anilines is 1. The Morgan fingerprint density at radius 3 is 2.95 bits per heavy atom. The molecule has 0 radical (unpaired) electrons. The summed E-state index contributed by atoms with van der Waals surface area (Å²) in [6.45, 7) is 1.48. The van der Waals surface area contributed by atoms with Crippen LogP contribution in [0, 0.1) is 5.82 Å². The molecule has 1 aliphatic rings. The van der Waals surface area contributed by atoms with Gasteiger partial charge in [-0.1, -0.05) is 6.07 Å². The van der Waals surface area contributed by atoms with Crippen LogP contribution in [0.1, 0.15) is 24.2 Å². The maximum Gasteiger partial charge on any atom is 0.127 e. The largest absolute Gasteiger partial charge is 0.467 e. The van der Waals surface area contributed by atoms with Crippen LogP contribution in [-0.4, -0.2) is 13.1 Å². The van der Waals surface area contributed by atoms with Gasteiger partial charge in [-0.15, -0.1) is 0 Å². The maximum absolute atomic E-state index is 13.2. The lowest BCUT2D eigenvalue weighted by Gasteiger charge is -2.18. The fourth-order valence-corrected chi connectivity index (χ4v) is 2.23. The predicted molar refractivity (Wildman–Crippen MR) is 77.1 cm³/mol. The van der Waals surface area contributed by atoms with Crippen LogP contribution in [0.3, 0.4) is 0 Å². The summed E-state index contributed by atoms with van der Waals surface area (Å²) in [4.78, 5) is 1.99. The Morgan fingerprint density at radius 1 is 1.35 bits per heavy atom. The van der Waals surface area contributed by atoms with Crippen LogP contribution >= 0.6 is 0 Å². The van der Waals surface area contributed by atoms with E-state index in [0.717, 1.165) is 18.0 Å². The molecule has 1 saturated carbocycles. The average molecular weight is 274 g/mol. The summed E-state index contributed by atoms with van der Waals surface area (Å²) in [5.74, 6) is 0.717. The van der Waals surface area contributed by atoms with Gasteiger partial charge in [-0.3, -0.25) is 0 Å². The second-order valence-corrected chi connectivity index (χ2v) is 5.36. The fraction of sp³-hybridized carbons (Fsp3) is 0.375. The lowest BCUT2D eigenvalue weighted by Crippen LogP contribution is -2.19. The first-order chi connectivity index (χ1) is 9.72. The van der Waals surface area contributed by atoms with Crippen molar-refractivity contribution < 1.29 is 8.81 Å². The predicted octanol–water partition coefficient (Wildman–Crippen LogP) is 3.31. The molecule has 0 spiro atoms.